The second-order valence-electron chi connectivity index (χ2n) is 6.85. The largest absolute Gasteiger partial charge is 0.507 e. The Hall–Kier alpha value is -1.81. The lowest BCUT2D eigenvalue weighted by atomic mass is 9.85. The highest BCUT2D eigenvalue weighted by molar-refractivity contribution is 5.44. The SMILES string of the molecule is CC(C)(C)c1cccc(CN2CCn3cncc3C2)c1O. The highest BCUT2D eigenvalue weighted by Gasteiger charge is 2.22. The fourth-order valence-electron chi connectivity index (χ4n) is 2.94. The first-order valence-electron chi connectivity index (χ1n) is 7.48. The molecule has 0 aliphatic carbocycles. The maximum absolute atomic E-state index is 10.6. The maximum Gasteiger partial charge on any atom is 0.123 e. The first-order valence-corrected chi connectivity index (χ1v) is 7.48. The number of fused-ring (bicyclic) bond motifs is 1. The van der Waals surface area contributed by atoms with Crippen LogP contribution in [-0.4, -0.2) is 26.1 Å². The molecule has 2 aromatic rings. The van der Waals surface area contributed by atoms with Crippen LogP contribution in [0.1, 0.15) is 37.6 Å². The number of nitrogens with zero attached hydrogens (tertiary/aromatic N) is 3. The zero-order valence-electron chi connectivity index (χ0n) is 13.0. The highest BCUT2D eigenvalue weighted by atomic mass is 16.3. The number of para-hydroxylation sites is 1. The van der Waals surface area contributed by atoms with Crippen LogP contribution < -0.4 is 0 Å². The van der Waals surface area contributed by atoms with Gasteiger partial charge in [-0.3, -0.25) is 4.90 Å². The number of hydrogen-bond acceptors (Lipinski definition) is 3. The van der Waals surface area contributed by atoms with Gasteiger partial charge in [-0.05, 0) is 11.0 Å². The van der Waals surface area contributed by atoms with Crippen molar-refractivity contribution in [1.82, 2.24) is 14.5 Å². The van der Waals surface area contributed by atoms with Crippen molar-refractivity contribution in [2.45, 2.75) is 45.8 Å². The van der Waals surface area contributed by atoms with Gasteiger partial charge in [0.25, 0.3) is 0 Å². The van der Waals surface area contributed by atoms with Crippen LogP contribution in [0.25, 0.3) is 0 Å². The molecule has 2 heterocycles. The van der Waals surface area contributed by atoms with E-state index in [1.165, 1.54) is 5.69 Å². The minimum absolute atomic E-state index is 0.0411. The predicted octanol–water partition coefficient (Wildman–Crippen LogP) is 2.90. The molecule has 1 aromatic heterocycles. The first kappa shape index (κ1) is 14.1. The van der Waals surface area contributed by atoms with Crippen molar-refractivity contribution in [3.63, 3.8) is 0 Å². The van der Waals surface area contributed by atoms with Crippen LogP contribution in [0.4, 0.5) is 0 Å². The van der Waals surface area contributed by atoms with Crippen LogP contribution >= 0.6 is 0 Å². The zero-order chi connectivity index (χ0) is 15.0. The third-order valence-electron chi connectivity index (χ3n) is 4.16. The second-order valence-corrected chi connectivity index (χ2v) is 6.85. The van der Waals surface area contributed by atoms with Gasteiger partial charge >= 0.3 is 0 Å². The van der Waals surface area contributed by atoms with E-state index in [4.69, 9.17) is 0 Å². The van der Waals surface area contributed by atoms with Gasteiger partial charge in [0.05, 0.1) is 12.0 Å². The molecule has 0 unspecified atom stereocenters. The van der Waals surface area contributed by atoms with Crippen molar-refractivity contribution in [3.05, 3.63) is 47.5 Å². The molecular formula is C17H23N3O. The van der Waals surface area contributed by atoms with Gasteiger partial charge in [-0.2, -0.15) is 0 Å². The van der Waals surface area contributed by atoms with Gasteiger partial charge in [0.2, 0.25) is 0 Å². The van der Waals surface area contributed by atoms with Gasteiger partial charge in [0.1, 0.15) is 5.75 Å². The summed E-state index contributed by atoms with van der Waals surface area (Å²) in [4.78, 5) is 6.56. The third-order valence-corrected chi connectivity index (χ3v) is 4.16. The Morgan fingerprint density at radius 1 is 1.24 bits per heavy atom. The summed E-state index contributed by atoms with van der Waals surface area (Å²) in [7, 11) is 0. The van der Waals surface area contributed by atoms with Crippen molar-refractivity contribution in [2.24, 2.45) is 0 Å². The van der Waals surface area contributed by atoms with Gasteiger partial charge in [-0.1, -0.05) is 39.0 Å². The van der Waals surface area contributed by atoms with Crippen LogP contribution in [-0.2, 0) is 25.0 Å². The van der Waals surface area contributed by atoms with Crippen molar-refractivity contribution in [3.8, 4) is 5.75 Å². The number of hydrogen-bond donors (Lipinski definition) is 1. The van der Waals surface area contributed by atoms with Crippen LogP contribution in [0, 0.1) is 0 Å². The summed E-state index contributed by atoms with van der Waals surface area (Å²) in [5.41, 5.74) is 3.23. The number of aromatic hydroxyl groups is 1. The Kier molecular flexibility index (Phi) is 3.49. The summed E-state index contributed by atoms with van der Waals surface area (Å²) < 4.78 is 2.20. The smallest absolute Gasteiger partial charge is 0.123 e. The number of imidazole rings is 1. The van der Waals surface area contributed by atoms with Crippen LogP contribution in [0.5, 0.6) is 5.75 Å². The molecule has 4 nitrogen and oxygen atoms in total. The predicted molar refractivity (Wildman–Crippen MR) is 83.1 cm³/mol. The lowest BCUT2D eigenvalue weighted by Crippen LogP contribution is -2.32. The summed E-state index contributed by atoms with van der Waals surface area (Å²) in [5.74, 6) is 0.448. The van der Waals surface area contributed by atoms with Gasteiger partial charge in [0, 0.05) is 37.9 Å². The quantitative estimate of drug-likeness (QED) is 0.922. The monoisotopic (exact) mass is 285 g/mol. The summed E-state index contributed by atoms with van der Waals surface area (Å²) >= 11 is 0. The molecule has 0 saturated heterocycles. The molecule has 0 saturated carbocycles. The normalized spacial score (nSPS) is 16.0. The molecule has 1 aliphatic rings. The summed E-state index contributed by atoms with van der Waals surface area (Å²) in [6.07, 6.45) is 3.82. The molecule has 21 heavy (non-hydrogen) atoms. The van der Waals surface area contributed by atoms with Crippen molar-refractivity contribution in [1.29, 1.82) is 0 Å². The molecule has 3 rings (SSSR count). The first-order chi connectivity index (χ1) is 9.95. The van der Waals surface area contributed by atoms with E-state index in [9.17, 15) is 5.11 Å². The topological polar surface area (TPSA) is 41.3 Å². The van der Waals surface area contributed by atoms with Gasteiger partial charge < -0.3 is 9.67 Å². The lowest BCUT2D eigenvalue weighted by Gasteiger charge is -2.29. The molecule has 0 fully saturated rings. The molecule has 1 aliphatic heterocycles. The minimum atomic E-state index is -0.0411. The Morgan fingerprint density at radius 2 is 2.05 bits per heavy atom. The highest BCUT2D eigenvalue weighted by Crippen LogP contribution is 2.33. The maximum atomic E-state index is 10.6. The summed E-state index contributed by atoms with van der Waals surface area (Å²) in [6, 6.07) is 6.09. The van der Waals surface area contributed by atoms with Crippen molar-refractivity contribution < 1.29 is 5.11 Å². The molecule has 0 radical (unpaired) electrons. The van der Waals surface area contributed by atoms with Gasteiger partial charge in [-0.15, -0.1) is 0 Å². The molecule has 112 valence electrons. The molecule has 0 atom stereocenters. The Labute approximate surface area is 126 Å². The number of phenols is 1. The molecule has 0 spiro atoms. The number of rotatable bonds is 2. The minimum Gasteiger partial charge on any atom is -0.507 e. The van der Waals surface area contributed by atoms with Gasteiger partial charge in [0.15, 0.2) is 0 Å². The van der Waals surface area contributed by atoms with E-state index in [-0.39, 0.29) is 5.41 Å². The van der Waals surface area contributed by atoms with Crippen molar-refractivity contribution >= 4 is 0 Å². The molecule has 1 N–H and O–H groups in total. The van der Waals surface area contributed by atoms with E-state index >= 15 is 0 Å². The summed E-state index contributed by atoms with van der Waals surface area (Å²) in [6.45, 7) is 10.0. The number of benzene rings is 1. The summed E-state index contributed by atoms with van der Waals surface area (Å²) in [5, 5.41) is 10.6. The Balaban J connectivity index is 1.80. The van der Waals surface area contributed by atoms with E-state index in [0.29, 0.717) is 5.75 Å². The van der Waals surface area contributed by atoms with Crippen LogP contribution in [0.2, 0.25) is 0 Å². The molecule has 0 bridgehead atoms. The van der Waals surface area contributed by atoms with Crippen LogP contribution in [0.3, 0.4) is 0 Å². The van der Waals surface area contributed by atoms with E-state index in [1.54, 1.807) is 0 Å². The van der Waals surface area contributed by atoms with E-state index in [1.807, 2.05) is 30.7 Å². The molecule has 0 amide bonds. The number of aromatic nitrogens is 2. The van der Waals surface area contributed by atoms with E-state index < -0.39 is 0 Å². The van der Waals surface area contributed by atoms with Gasteiger partial charge in [-0.25, -0.2) is 4.98 Å². The third kappa shape index (κ3) is 2.81. The van der Waals surface area contributed by atoms with E-state index in [0.717, 1.165) is 37.3 Å². The van der Waals surface area contributed by atoms with Crippen molar-refractivity contribution in [2.75, 3.05) is 6.54 Å². The fraction of sp³-hybridized carbons (Fsp3) is 0.471. The standard InChI is InChI=1S/C17H23N3O/c1-17(2,3)15-6-4-5-13(16(15)21)10-19-7-8-20-12-18-9-14(20)11-19/h4-6,9,12,21H,7-8,10-11H2,1-3H3. The number of phenolic OH excluding ortho intramolecular Hbond substituents is 1. The van der Waals surface area contributed by atoms with Crippen LogP contribution in [0.15, 0.2) is 30.7 Å². The fourth-order valence-corrected chi connectivity index (χ4v) is 2.94. The molecule has 1 aromatic carbocycles. The average molecular weight is 285 g/mol. The molecule has 4 heteroatoms. The average Bonchev–Trinajstić information content (AvgIpc) is 2.87. The second kappa shape index (κ2) is 5.19. The Bertz CT molecular complexity index is 640. The Morgan fingerprint density at radius 3 is 2.81 bits per heavy atom. The lowest BCUT2D eigenvalue weighted by molar-refractivity contribution is 0.210. The van der Waals surface area contributed by atoms with E-state index in [2.05, 4.69) is 35.2 Å². The zero-order valence-corrected chi connectivity index (χ0v) is 13.0. The molecular weight excluding hydrogens is 262 g/mol.